The van der Waals surface area contributed by atoms with Gasteiger partial charge in [-0.3, -0.25) is 9.79 Å². The number of ether oxygens (including phenoxy) is 1. The summed E-state index contributed by atoms with van der Waals surface area (Å²) in [6.45, 7) is 3.44. The fourth-order valence-electron chi connectivity index (χ4n) is 2.80. The van der Waals surface area contributed by atoms with E-state index in [0.717, 1.165) is 43.0 Å². The van der Waals surface area contributed by atoms with Crippen LogP contribution in [0.25, 0.3) is 0 Å². The molecule has 19 heavy (non-hydrogen) atoms. The summed E-state index contributed by atoms with van der Waals surface area (Å²) >= 11 is 0. The van der Waals surface area contributed by atoms with Crippen LogP contribution in [0.5, 0.6) is 0 Å². The molecule has 0 aliphatic carbocycles. The smallest absolute Gasteiger partial charge is 0.249 e. The van der Waals surface area contributed by atoms with Crippen LogP contribution in [0.15, 0.2) is 29.3 Å². The minimum absolute atomic E-state index is 0.0104. The van der Waals surface area contributed by atoms with Crippen molar-refractivity contribution in [3.63, 3.8) is 0 Å². The summed E-state index contributed by atoms with van der Waals surface area (Å²) < 4.78 is 5.37. The number of aliphatic imine (C=N–C) groups is 1. The van der Waals surface area contributed by atoms with Crippen LogP contribution < -0.4 is 5.32 Å². The van der Waals surface area contributed by atoms with Gasteiger partial charge in [0, 0.05) is 30.2 Å². The Balaban J connectivity index is 1.92. The predicted octanol–water partition coefficient (Wildman–Crippen LogP) is 2.24. The second kappa shape index (κ2) is 5.13. The Kier molecular flexibility index (Phi) is 3.34. The van der Waals surface area contributed by atoms with Crippen LogP contribution in [0.4, 0.5) is 5.69 Å². The maximum atomic E-state index is 12.4. The van der Waals surface area contributed by atoms with Gasteiger partial charge in [0.1, 0.15) is 6.04 Å². The monoisotopic (exact) mass is 258 g/mol. The highest BCUT2D eigenvalue weighted by molar-refractivity contribution is 6.10. The number of benzodiazepines with no additional fused rings is 1. The van der Waals surface area contributed by atoms with Crippen LogP contribution in [0.3, 0.4) is 0 Å². The molecule has 1 aromatic rings. The third kappa shape index (κ3) is 2.40. The van der Waals surface area contributed by atoms with Gasteiger partial charge in [-0.2, -0.15) is 0 Å². The van der Waals surface area contributed by atoms with Crippen molar-refractivity contribution in [1.82, 2.24) is 0 Å². The SMILES string of the molecule is CC1=NC(C2CCOCC2)C(=O)Nc2ccccc21. The molecule has 2 aliphatic rings. The molecule has 1 aromatic carbocycles. The first kappa shape index (κ1) is 12.4. The van der Waals surface area contributed by atoms with Crippen molar-refractivity contribution in [2.45, 2.75) is 25.8 Å². The number of fused-ring (bicyclic) bond motifs is 1. The largest absolute Gasteiger partial charge is 0.381 e. The lowest BCUT2D eigenvalue weighted by Crippen LogP contribution is -2.35. The number of anilines is 1. The lowest BCUT2D eigenvalue weighted by atomic mass is 9.91. The van der Waals surface area contributed by atoms with E-state index in [0.29, 0.717) is 0 Å². The molecule has 0 spiro atoms. The van der Waals surface area contributed by atoms with Crippen molar-refractivity contribution >= 4 is 17.3 Å². The van der Waals surface area contributed by atoms with Crippen molar-refractivity contribution in [3.8, 4) is 0 Å². The topological polar surface area (TPSA) is 50.7 Å². The minimum atomic E-state index is -0.281. The lowest BCUT2D eigenvalue weighted by Gasteiger charge is -2.26. The van der Waals surface area contributed by atoms with Crippen LogP contribution in [-0.4, -0.2) is 30.9 Å². The molecular weight excluding hydrogens is 240 g/mol. The predicted molar refractivity (Wildman–Crippen MR) is 74.6 cm³/mol. The molecule has 0 bridgehead atoms. The quantitative estimate of drug-likeness (QED) is 0.840. The van der Waals surface area contributed by atoms with Gasteiger partial charge in [0.15, 0.2) is 0 Å². The molecule has 3 rings (SSSR count). The Hall–Kier alpha value is -1.68. The van der Waals surface area contributed by atoms with Crippen molar-refractivity contribution in [3.05, 3.63) is 29.8 Å². The maximum absolute atomic E-state index is 12.4. The van der Waals surface area contributed by atoms with Gasteiger partial charge in [0.25, 0.3) is 0 Å². The maximum Gasteiger partial charge on any atom is 0.249 e. The van der Waals surface area contributed by atoms with E-state index in [1.807, 2.05) is 31.2 Å². The molecule has 1 atom stereocenters. The van der Waals surface area contributed by atoms with E-state index in [2.05, 4.69) is 10.3 Å². The second-order valence-electron chi connectivity index (χ2n) is 5.14. The van der Waals surface area contributed by atoms with Gasteiger partial charge in [-0.15, -0.1) is 0 Å². The highest BCUT2D eigenvalue weighted by Crippen LogP contribution is 2.27. The molecule has 0 saturated carbocycles. The summed E-state index contributed by atoms with van der Waals surface area (Å²) in [4.78, 5) is 17.0. The van der Waals surface area contributed by atoms with Gasteiger partial charge in [0.05, 0.1) is 0 Å². The van der Waals surface area contributed by atoms with Crippen molar-refractivity contribution in [2.24, 2.45) is 10.9 Å². The molecule has 1 saturated heterocycles. The number of carbonyl (C=O) groups is 1. The van der Waals surface area contributed by atoms with E-state index >= 15 is 0 Å². The standard InChI is InChI=1S/C15H18N2O2/c1-10-12-4-2-3-5-13(12)17-15(18)14(16-10)11-6-8-19-9-7-11/h2-5,11,14H,6-9H2,1H3,(H,17,18). The van der Waals surface area contributed by atoms with E-state index < -0.39 is 0 Å². The van der Waals surface area contributed by atoms with Crippen LogP contribution in [0, 0.1) is 5.92 Å². The first-order valence-corrected chi connectivity index (χ1v) is 6.78. The number of carbonyl (C=O) groups excluding carboxylic acids is 1. The third-order valence-electron chi connectivity index (χ3n) is 3.89. The number of amides is 1. The first-order valence-electron chi connectivity index (χ1n) is 6.78. The van der Waals surface area contributed by atoms with Crippen molar-refractivity contribution in [2.75, 3.05) is 18.5 Å². The summed E-state index contributed by atoms with van der Waals surface area (Å²) in [7, 11) is 0. The zero-order valence-corrected chi connectivity index (χ0v) is 11.1. The Morgan fingerprint density at radius 3 is 2.79 bits per heavy atom. The zero-order valence-electron chi connectivity index (χ0n) is 11.1. The Bertz CT molecular complexity index is 519. The fourth-order valence-corrected chi connectivity index (χ4v) is 2.80. The van der Waals surface area contributed by atoms with Gasteiger partial charge in [-0.1, -0.05) is 18.2 Å². The molecule has 0 radical (unpaired) electrons. The number of benzene rings is 1. The van der Waals surface area contributed by atoms with E-state index in [1.54, 1.807) is 0 Å². The van der Waals surface area contributed by atoms with E-state index in [4.69, 9.17) is 4.74 Å². The van der Waals surface area contributed by atoms with E-state index in [1.165, 1.54) is 0 Å². The Morgan fingerprint density at radius 1 is 1.26 bits per heavy atom. The number of nitrogens with one attached hydrogen (secondary N) is 1. The molecular formula is C15H18N2O2. The summed E-state index contributed by atoms with van der Waals surface area (Å²) in [6.07, 6.45) is 1.82. The average Bonchev–Trinajstić information content (AvgIpc) is 2.57. The number of hydrogen-bond donors (Lipinski definition) is 1. The highest BCUT2D eigenvalue weighted by Gasteiger charge is 2.31. The molecule has 100 valence electrons. The van der Waals surface area contributed by atoms with Crippen LogP contribution in [-0.2, 0) is 9.53 Å². The van der Waals surface area contributed by atoms with Gasteiger partial charge in [0.2, 0.25) is 5.91 Å². The molecule has 2 heterocycles. The van der Waals surface area contributed by atoms with Crippen LogP contribution >= 0.6 is 0 Å². The fraction of sp³-hybridized carbons (Fsp3) is 0.467. The minimum Gasteiger partial charge on any atom is -0.381 e. The normalized spacial score (nSPS) is 24.2. The number of hydrogen-bond acceptors (Lipinski definition) is 3. The van der Waals surface area contributed by atoms with Crippen LogP contribution in [0.2, 0.25) is 0 Å². The first-order chi connectivity index (χ1) is 9.25. The van der Waals surface area contributed by atoms with Gasteiger partial charge in [-0.25, -0.2) is 0 Å². The summed E-state index contributed by atoms with van der Waals surface area (Å²) in [5.41, 5.74) is 2.82. The molecule has 2 aliphatic heterocycles. The molecule has 4 heteroatoms. The van der Waals surface area contributed by atoms with Gasteiger partial charge < -0.3 is 10.1 Å². The van der Waals surface area contributed by atoms with E-state index in [-0.39, 0.29) is 17.9 Å². The summed E-state index contributed by atoms with van der Waals surface area (Å²) in [6, 6.07) is 7.55. The zero-order chi connectivity index (χ0) is 13.2. The molecule has 1 fully saturated rings. The van der Waals surface area contributed by atoms with E-state index in [9.17, 15) is 4.79 Å². The average molecular weight is 258 g/mol. The van der Waals surface area contributed by atoms with Gasteiger partial charge >= 0.3 is 0 Å². The highest BCUT2D eigenvalue weighted by atomic mass is 16.5. The van der Waals surface area contributed by atoms with Crippen molar-refractivity contribution < 1.29 is 9.53 Å². The van der Waals surface area contributed by atoms with Crippen molar-refractivity contribution in [1.29, 1.82) is 0 Å². The lowest BCUT2D eigenvalue weighted by molar-refractivity contribution is -0.119. The molecule has 1 unspecified atom stereocenters. The second-order valence-corrected chi connectivity index (χ2v) is 5.14. The molecule has 1 N–H and O–H groups in total. The summed E-state index contributed by atoms with van der Waals surface area (Å²) in [5, 5.41) is 3.01. The number of para-hydroxylation sites is 1. The third-order valence-corrected chi connectivity index (χ3v) is 3.89. The van der Waals surface area contributed by atoms with Gasteiger partial charge in [-0.05, 0) is 31.7 Å². The van der Waals surface area contributed by atoms with Crippen LogP contribution in [0.1, 0.15) is 25.3 Å². The molecule has 4 nitrogen and oxygen atoms in total. The summed E-state index contributed by atoms with van der Waals surface area (Å²) in [5.74, 6) is 0.300. The molecule has 1 amide bonds. The number of nitrogens with zero attached hydrogens (tertiary/aromatic N) is 1. The number of rotatable bonds is 1. The Morgan fingerprint density at radius 2 is 2.00 bits per heavy atom. The Labute approximate surface area is 112 Å². The molecule has 0 aromatic heterocycles.